The zero-order valence-electron chi connectivity index (χ0n) is 9.33. The van der Waals surface area contributed by atoms with Crippen LogP contribution >= 0.6 is 0 Å². The van der Waals surface area contributed by atoms with Crippen molar-refractivity contribution in [1.29, 1.82) is 0 Å². The molecule has 0 saturated heterocycles. The van der Waals surface area contributed by atoms with E-state index in [0.29, 0.717) is 5.82 Å². The number of rotatable bonds is 6. The van der Waals surface area contributed by atoms with Crippen LogP contribution in [0.25, 0.3) is 0 Å². The van der Waals surface area contributed by atoms with Gasteiger partial charge >= 0.3 is 0 Å². The van der Waals surface area contributed by atoms with Gasteiger partial charge in [-0.2, -0.15) is 0 Å². The number of hydrogen-bond acceptors (Lipinski definition) is 5. The Morgan fingerprint density at radius 2 is 2.20 bits per heavy atom. The molecule has 1 heterocycles. The first-order valence-electron chi connectivity index (χ1n) is 5.03. The molecule has 0 spiro atoms. The highest BCUT2D eigenvalue weighted by atomic mass is 15.2. The standard InChI is InChI=1S/C10H19N5/c1-15(2)7-3-6-12-9-4-5-10(14-11)13-8-9/h4-5,8,12H,3,6-7,11H2,1-2H3,(H,13,14). The van der Waals surface area contributed by atoms with Gasteiger partial charge in [0.2, 0.25) is 0 Å². The van der Waals surface area contributed by atoms with Crippen LogP contribution in [0.3, 0.4) is 0 Å². The number of nitrogen functional groups attached to an aromatic ring is 1. The molecule has 0 saturated carbocycles. The van der Waals surface area contributed by atoms with Crippen molar-refractivity contribution < 1.29 is 0 Å². The topological polar surface area (TPSA) is 66.2 Å². The molecule has 15 heavy (non-hydrogen) atoms. The van der Waals surface area contributed by atoms with E-state index in [2.05, 4.69) is 34.7 Å². The van der Waals surface area contributed by atoms with Crippen molar-refractivity contribution in [3.8, 4) is 0 Å². The maximum Gasteiger partial charge on any atom is 0.140 e. The molecule has 0 aliphatic heterocycles. The molecule has 0 radical (unpaired) electrons. The van der Waals surface area contributed by atoms with Gasteiger partial charge in [-0.1, -0.05) is 0 Å². The Hall–Kier alpha value is -1.33. The summed E-state index contributed by atoms with van der Waals surface area (Å²) in [6.45, 7) is 2.04. The Morgan fingerprint density at radius 1 is 1.40 bits per heavy atom. The van der Waals surface area contributed by atoms with Crippen molar-refractivity contribution in [2.24, 2.45) is 5.84 Å². The summed E-state index contributed by atoms with van der Waals surface area (Å²) < 4.78 is 0. The van der Waals surface area contributed by atoms with E-state index in [9.17, 15) is 0 Å². The fraction of sp³-hybridized carbons (Fsp3) is 0.500. The van der Waals surface area contributed by atoms with Gasteiger partial charge in [0, 0.05) is 6.54 Å². The highest BCUT2D eigenvalue weighted by Gasteiger charge is 1.94. The molecule has 1 aromatic heterocycles. The molecule has 0 unspecified atom stereocenters. The van der Waals surface area contributed by atoms with Crippen LogP contribution in [0.2, 0.25) is 0 Å². The minimum absolute atomic E-state index is 0.675. The van der Waals surface area contributed by atoms with E-state index in [1.165, 1.54) is 0 Å². The number of nitrogens with one attached hydrogen (secondary N) is 2. The molecule has 0 aliphatic rings. The van der Waals surface area contributed by atoms with Gasteiger partial charge in [-0.05, 0) is 39.2 Å². The Balaban J connectivity index is 2.25. The molecule has 0 bridgehead atoms. The van der Waals surface area contributed by atoms with E-state index in [4.69, 9.17) is 5.84 Å². The van der Waals surface area contributed by atoms with Gasteiger partial charge in [-0.25, -0.2) is 10.8 Å². The van der Waals surface area contributed by atoms with Crippen LogP contribution in [-0.4, -0.2) is 37.1 Å². The van der Waals surface area contributed by atoms with E-state index in [1.54, 1.807) is 6.20 Å². The quantitative estimate of drug-likeness (QED) is 0.366. The Labute approximate surface area is 90.6 Å². The van der Waals surface area contributed by atoms with E-state index >= 15 is 0 Å². The van der Waals surface area contributed by atoms with Crippen LogP contribution in [-0.2, 0) is 0 Å². The molecular weight excluding hydrogens is 190 g/mol. The van der Waals surface area contributed by atoms with Crippen molar-refractivity contribution in [3.05, 3.63) is 18.3 Å². The van der Waals surface area contributed by atoms with Crippen molar-refractivity contribution >= 4 is 11.5 Å². The molecule has 84 valence electrons. The van der Waals surface area contributed by atoms with Crippen LogP contribution in [0.15, 0.2) is 18.3 Å². The first kappa shape index (κ1) is 11.7. The molecule has 0 amide bonds. The molecule has 1 aromatic rings. The molecule has 5 nitrogen and oxygen atoms in total. The molecular formula is C10H19N5. The molecule has 0 atom stereocenters. The average molecular weight is 209 g/mol. The normalized spacial score (nSPS) is 10.4. The third kappa shape index (κ3) is 4.62. The monoisotopic (exact) mass is 209 g/mol. The number of pyridine rings is 1. The number of nitrogens with two attached hydrogens (primary N) is 1. The van der Waals surface area contributed by atoms with Crippen LogP contribution in [0.4, 0.5) is 11.5 Å². The summed E-state index contributed by atoms with van der Waals surface area (Å²) >= 11 is 0. The summed E-state index contributed by atoms with van der Waals surface area (Å²) in [7, 11) is 4.15. The van der Waals surface area contributed by atoms with Crippen molar-refractivity contribution in [1.82, 2.24) is 9.88 Å². The lowest BCUT2D eigenvalue weighted by molar-refractivity contribution is 0.405. The summed E-state index contributed by atoms with van der Waals surface area (Å²) in [6.07, 6.45) is 2.88. The fourth-order valence-electron chi connectivity index (χ4n) is 1.21. The van der Waals surface area contributed by atoms with Gasteiger partial charge in [-0.3, -0.25) is 0 Å². The second kappa shape index (κ2) is 6.21. The lowest BCUT2D eigenvalue weighted by atomic mass is 10.3. The van der Waals surface area contributed by atoms with Gasteiger partial charge in [-0.15, -0.1) is 0 Å². The average Bonchev–Trinajstić information content (AvgIpc) is 2.25. The van der Waals surface area contributed by atoms with E-state index in [0.717, 1.165) is 25.2 Å². The minimum atomic E-state index is 0.675. The Morgan fingerprint density at radius 3 is 2.73 bits per heavy atom. The second-order valence-electron chi connectivity index (χ2n) is 3.66. The zero-order chi connectivity index (χ0) is 11.1. The summed E-state index contributed by atoms with van der Waals surface area (Å²) in [4.78, 5) is 6.27. The SMILES string of the molecule is CN(C)CCCNc1ccc(NN)nc1. The molecule has 5 heteroatoms. The number of aromatic nitrogens is 1. The molecule has 0 fully saturated rings. The molecule has 0 aliphatic carbocycles. The highest BCUT2D eigenvalue weighted by Crippen LogP contribution is 2.08. The lowest BCUT2D eigenvalue weighted by Gasteiger charge is -2.10. The van der Waals surface area contributed by atoms with Crippen LogP contribution < -0.4 is 16.6 Å². The third-order valence-electron chi connectivity index (χ3n) is 2.02. The van der Waals surface area contributed by atoms with Gasteiger partial charge in [0.25, 0.3) is 0 Å². The first-order valence-corrected chi connectivity index (χ1v) is 5.03. The van der Waals surface area contributed by atoms with Gasteiger partial charge in [0.1, 0.15) is 5.82 Å². The smallest absolute Gasteiger partial charge is 0.140 e. The number of hydrazine groups is 1. The van der Waals surface area contributed by atoms with Crippen LogP contribution in [0.5, 0.6) is 0 Å². The highest BCUT2D eigenvalue weighted by molar-refractivity contribution is 5.46. The third-order valence-corrected chi connectivity index (χ3v) is 2.02. The predicted octanol–water partition coefficient (Wildman–Crippen LogP) is 0.731. The molecule has 0 aromatic carbocycles. The summed E-state index contributed by atoms with van der Waals surface area (Å²) in [5.41, 5.74) is 3.51. The summed E-state index contributed by atoms with van der Waals surface area (Å²) in [5.74, 6) is 5.89. The van der Waals surface area contributed by atoms with Crippen molar-refractivity contribution in [2.75, 3.05) is 37.9 Å². The predicted molar refractivity (Wildman–Crippen MR) is 63.7 cm³/mol. The number of nitrogens with zero attached hydrogens (tertiary/aromatic N) is 2. The zero-order valence-corrected chi connectivity index (χ0v) is 9.33. The van der Waals surface area contributed by atoms with Crippen LogP contribution in [0.1, 0.15) is 6.42 Å². The van der Waals surface area contributed by atoms with Crippen molar-refractivity contribution in [3.63, 3.8) is 0 Å². The fourth-order valence-corrected chi connectivity index (χ4v) is 1.21. The number of anilines is 2. The van der Waals surface area contributed by atoms with Crippen molar-refractivity contribution in [2.45, 2.75) is 6.42 Å². The Kier molecular flexibility index (Phi) is 4.86. The minimum Gasteiger partial charge on any atom is -0.384 e. The Bertz CT molecular complexity index is 270. The largest absolute Gasteiger partial charge is 0.384 e. The van der Waals surface area contributed by atoms with Gasteiger partial charge in [0.15, 0.2) is 0 Å². The maximum atomic E-state index is 5.22. The molecule has 4 N–H and O–H groups in total. The maximum absolute atomic E-state index is 5.22. The molecule has 1 rings (SSSR count). The van der Waals surface area contributed by atoms with Crippen LogP contribution in [0, 0.1) is 0 Å². The first-order chi connectivity index (χ1) is 7.22. The number of hydrogen-bond donors (Lipinski definition) is 3. The van der Waals surface area contributed by atoms with E-state index < -0.39 is 0 Å². The van der Waals surface area contributed by atoms with E-state index in [1.807, 2.05) is 12.1 Å². The van der Waals surface area contributed by atoms with E-state index in [-0.39, 0.29) is 0 Å². The lowest BCUT2D eigenvalue weighted by Crippen LogP contribution is -2.16. The van der Waals surface area contributed by atoms with Gasteiger partial charge < -0.3 is 15.6 Å². The second-order valence-corrected chi connectivity index (χ2v) is 3.66. The van der Waals surface area contributed by atoms with Gasteiger partial charge in [0.05, 0.1) is 11.9 Å². The summed E-state index contributed by atoms with van der Waals surface area (Å²) in [6, 6.07) is 3.80. The summed E-state index contributed by atoms with van der Waals surface area (Å²) in [5, 5.41) is 3.29.